The summed E-state index contributed by atoms with van der Waals surface area (Å²) in [7, 11) is 0. The molecule has 0 spiro atoms. The van der Waals surface area contributed by atoms with Gasteiger partial charge >= 0.3 is 6.03 Å². The van der Waals surface area contributed by atoms with Gasteiger partial charge in [-0.05, 0) is 30.2 Å². The first kappa shape index (κ1) is 15.5. The highest BCUT2D eigenvalue weighted by molar-refractivity contribution is 6.00. The van der Waals surface area contributed by atoms with E-state index in [1.54, 1.807) is 4.90 Å². The maximum absolute atomic E-state index is 13.1. The van der Waals surface area contributed by atoms with Crippen LogP contribution in [-0.2, 0) is 10.3 Å². The molecular weight excluding hydrogens is 318 g/mol. The molecule has 6 nitrogen and oxygen atoms in total. The lowest BCUT2D eigenvalue weighted by atomic mass is 9.88. The summed E-state index contributed by atoms with van der Waals surface area (Å²) in [6.45, 7) is 2.55. The van der Waals surface area contributed by atoms with Crippen molar-refractivity contribution in [1.82, 2.24) is 4.90 Å². The maximum atomic E-state index is 13.1. The van der Waals surface area contributed by atoms with Crippen LogP contribution in [0.4, 0.5) is 10.5 Å². The summed E-state index contributed by atoms with van der Waals surface area (Å²) in [6.07, 6.45) is 0. The number of urea groups is 1. The summed E-state index contributed by atoms with van der Waals surface area (Å²) in [5, 5.41) is 0. The second-order valence-electron chi connectivity index (χ2n) is 6.60. The minimum Gasteiger partial charge on any atom is -0.488 e. The lowest BCUT2D eigenvalue weighted by molar-refractivity contribution is -0.118. The van der Waals surface area contributed by atoms with Crippen LogP contribution in [0.25, 0.3) is 0 Å². The third-order valence-electron chi connectivity index (χ3n) is 4.82. The standard InChI is InChI=1S/C19H19N3O3/c1-13-7-8-16-15(9-13)22-18(24)21(10-17(20)23)11-19(22,12-25-16)14-5-3-2-4-6-14/h2-9H,10-12H2,1H3,(H2,20,23). The Labute approximate surface area is 145 Å². The van der Waals surface area contributed by atoms with Gasteiger partial charge in [0.1, 0.15) is 24.4 Å². The molecule has 0 saturated carbocycles. The molecule has 0 aliphatic carbocycles. The molecule has 2 aromatic carbocycles. The zero-order valence-electron chi connectivity index (χ0n) is 13.9. The molecule has 2 heterocycles. The van der Waals surface area contributed by atoms with Crippen LogP contribution in [0.1, 0.15) is 11.1 Å². The molecule has 1 fully saturated rings. The van der Waals surface area contributed by atoms with Gasteiger partial charge in [0.25, 0.3) is 0 Å². The first-order chi connectivity index (χ1) is 12.0. The van der Waals surface area contributed by atoms with Crippen molar-refractivity contribution in [3.05, 3.63) is 59.7 Å². The molecule has 1 atom stereocenters. The number of primary amides is 1. The van der Waals surface area contributed by atoms with Crippen LogP contribution in [-0.4, -0.2) is 36.5 Å². The van der Waals surface area contributed by atoms with E-state index in [9.17, 15) is 9.59 Å². The third-order valence-corrected chi connectivity index (χ3v) is 4.82. The van der Waals surface area contributed by atoms with Crippen molar-refractivity contribution in [1.29, 1.82) is 0 Å². The quantitative estimate of drug-likeness (QED) is 0.931. The Morgan fingerprint density at radius 1 is 1.24 bits per heavy atom. The summed E-state index contributed by atoms with van der Waals surface area (Å²) in [5.74, 6) is 0.147. The highest BCUT2D eigenvalue weighted by atomic mass is 16.5. The van der Waals surface area contributed by atoms with Gasteiger partial charge in [-0.1, -0.05) is 36.4 Å². The fourth-order valence-electron chi connectivity index (χ4n) is 3.71. The van der Waals surface area contributed by atoms with Crippen molar-refractivity contribution in [2.75, 3.05) is 24.6 Å². The molecule has 6 heteroatoms. The number of hydrogen-bond acceptors (Lipinski definition) is 3. The molecule has 2 aliphatic rings. The number of hydrogen-bond donors (Lipinski definition) is 1. The molecule has 3 amide bonds. The lowest BCUT2D eigenvalue weighted by Crippen LogP contribution is -2.51. The van der Waals surface area contributed by atoms with Gasteiger partial charge < -0.3 is 15.4 Å². The Bertz CT molecular complexity index is 852. The molecule has 1 saturated heterocycles. The van der Waals surface area contributed by atoms with Crippen LogP contribution in [0.2, 0.25) is 0 Å². The van der Waals surface area contributed by atoms with Crippen molar-refractivity contribution in [2.24, 2.45) is 5.73 Å². The number of aryl methyl sites for hydroxylation is 1. The number of carbonyl (C=O) groups is 2. The average Bonchev–Trinajstić information content (AvgIpc) is 2.88. The third kappa shape index (κ3) is 2.33. The minimum absolute atomic E-state index is 0.106. The van der Waals surface area contributed by atoms with Crippen molar-refractivity contribution in [3.8, 4) is 5.75 Å². The predicted octanol–water partition coefficient (Wildman–Crippen LogP) is 2.01. The van der Waals surface area contributed by atoms with Crippen molar-refractivity contribution in [2.45, 2.75) is 12.5 Å². The van der Waals surface area contributed by atoms with Crippen molar-refractivity contribution < 1.29 is 14.3 Å². The Morgan fingerprint density at radius 3 is 2.72 bits per heavy atom. The van der Waals surface area contributed by atoms with Crippen LogP contribution in [0.3, 0.4) is 0 Å². The van der Waals surface area contributed by atoms with Gasteiger partial charge in [-0.25, -0.2) is 4.79 Å². The van der Waals surface area contributed by atoms with Crippen LogP contribution in [0, 0.1) is 6.92 Å². The van der Waals surface area contributed by atoms with Crippen LogP contribution in [0.15, 0.2) is 48.5 Å². The molecule has 2 aromatic rings. The Morgan fingerprint density at radius 2 is 2.00 bits per heavy atom. The summed E-state index contributed by atoms with van der Waals surface area (Å²) in [6, 6.07) is 15.3. The average molecular weight is 337 g/mol. The summed E-state index contributed by atoms with van der Waals surface area (Å²) in [4.78, 5) is 27.8. The van der Waals surface area contributed by atoms with Gasteiger partial charge in [0.15, 0.2) is 0 Å². The Balaban J connectivity index is 1.88. The number of carbonyl (C=O) groups excluding carboxylic acids is 2. The van der Waals surface area contributed by atoms with Gasteiger partial charge in [-0.15, -0.1) is 0 Å². The highest BCUT2D eigenvalue weighted by Gasteiger charge is 2.55. The van der Waals surface area contributed by atoms with E-state index in [2.05, 4.69) is 0 Å². The number of anilines is 1. The van der Waals surface area contributed by atoms with E-state index in [4.69, 9.17) is 10.5 Å². The molecule has 0 radical (unpaired) electrons. The summed E-state index contributed by atoms with van der Waals surface area (Å²) < 4.78 is 6.02. The van der Waals surface area contributed by atoms with Gasteiger partial charge in [0.2, 0.25) is 5.91 Å². The number of ether oxygens (including phenoxy) is 1. The van der Waals surface area contributed by atoms with E-state index in [1.807, 2.05) is 55.5 Å². The van der Waals surface area contributed by atoms with Gasteiger partial charge in [-0.3, -0.25) is 9.69 Å². The number of benzene rings is 2. The van der Waals surface area contributed by atoms with Gasteiger partial charge in [-0.2, -0.15) is 0 Å². The van der Waals surface area contributed by atoms with E-state index in [0.29, 0.717) is 18.9 Å². The zero-order valence-corrected chi connectivity index (χ0v) is 13.9. The monoisotopic (exact) mass is 337 g/mol. The molecule has 2 aliphatic heterocycles. The van der Waals surface area contributed by atoms with E-state index in [-0.39, 0.29) is 12.6 Å². The molecule has 128 valence electrons. The van der Waals surface area contributed by atoms with Gasteiger partial charge in [0, 0.05) is 0 Å². The van der Waals surface area contributed by atoms with Crippen molar-refractivity contribution >= 4 is 17.6 Å². The summed E-state index contributed by atoms with van der Waals surface area (Å²) in [5.41, 5.74) is 7.41. The Hall–Kier alpha value is -3.02. The molecular formula is C19H19N3O3. The predicted molar refractivity (Wildman–Crippen MR) is 93.4 cm³/mol. The van der Waals surface area contributed by atoms with E-state index >= 15 is 0 Å². The topological polar surface area (TPSA) is 75.9 Å². The largest absolute Gasteiger partial charge is 0.488 e. The lowest BCUT2D eigenvalue weighted by Gasteiger charge is -2.41. The maximum Gasteiger partial charge on any atom is 0.326 e. The number of fused-ring (bicyclic) bond motifs is 3. The second kappa shape index (κ2) is 5.51. The van der Waals surface area contributed by atoms with Gasteiger partial charge in [0.05, 0.1) is 12.2 Å². The van der Waals surface area contributed by atoms with Crippen LogP contribution in [0.5, 0.6) is 5.75 Å². The summed E-state index contributed by atoms with van der Waals surface area (Å²) >= 11 is 0. The molecule has 0 aromatic heterocycles. The molecule has 0 bridgehead atoms. The van der Waals surface area contributed by atoms with E-state index < -0.39 is 11.4 Å². The normalized spacial score (nSPS) is 21.6. The Kier molecular flexibility index (Phi) is 3.42. The highest BCUT2D eigenvalue weighted by Crippen LogP contribution is 2.47. The number of nitrogens with two attached hydrogens (primary N) is 1. The fraction of sp³-hybridized carbons (Fsp3) is 0.263. The van der Waals surface area contributed by atoms with E-state index in [1.165, 1.54) is 4.90 Å². The number of rotatable bonds is 3. The second-order valence-corrected chi connectivity index (χ2v) is 6.60. The number of nitrogens with zero attached hydrogens (tertiary/aromatic N) is 2. The molecule has 2 N–H and O–H groups in total. The zero-order chi connectivity index (χ0) is 17.6. The van der Waals surface area contributed by atoms with Crippen LogP contribution >= 0.6 is 0 Å². The minimum atomic E-state index is -0.672. The smallest absolute Gasteiger partial charge is 0.326 e. The molecule has 1 unspecified atom stereocenters. The van der Waals surface area contributed by atoms with E-state index in [0.717, 1.165) is 16.8 Å². The van der Waals surface area contributed by atoms with Crippen molar-refractivity contribution in [3.63, 3.8) is 0 Å². The SMILES string of the molecule is Cc1ccc2c(c1)N1C(=O)N(CC(N)=O)CC1(c1ccccc1)CO2. The van der Waals surface area contributed by atoms with Crippen LogP contribution < -0.4 is 15.4 Å². The molecule has 4 rings (SSSR count). The first-order valence-corrected chi connectivity index (χ1v) is 8.18. The fourth-order valence-corrected chi connectivity index (χ4v) is 3.71. The first-order valence-electron chi connectivity index (χ1n) is 8.18. The molecule has 25 heavy (non-hydrogen) atoms. The number of amides is 3.